The van der Waals surface area contributed by atoms with E-state index in [1.54, 1.807) is 30.7 Å². The van der Waals surface area contributed by atoms with Crippen molar-refractivity contribution in [3.8, 4) is 11.1 Å². The zero-order valence-electron chi connectivity index (χ0n) is 20.5. The van der Waals surface area contributed by atoms with Gasteiger partial charge in [-0.3, -0.25) is 24.7 Å². The summed E-state index contributed by atoms with van der Waals surface area (Å²) in [7, 11) is -2.95. The molecule has 0 spiro atoms. The van der Waals surface area contributed by atoms with E-state index in [4.69, 9.17) is 9.90 Å². The van der Waals surface area contributed by atoms with Gasteiger partial charge in [0, 0.05) is 42.2 Å². The van der Waals surface area contributed by atoms with Crippen LogP contribution in [0.5, 0.6) is 0 Å². The van der Waals surface area contributed by atoms with Crippen LogP contribution < -0.4 is 5.32 Å². The molecule has 0 aliphatic carbocycles. The normalized spacial score (nSPS) is 15.0. The van der Waals surface area contributed by atoms with Gasteiger partial charge >= 0.3 is 0 Å². The van der Waals surface area contributed by atoms with Crippen LogP contribution in [-0.2, 0) is 21.2 Å². The molecule has 5 aromatic rings. The molecule has 39 heavy (non-hydrogen) atoms. The van der Waals surface area contributed by atoms with Crippen LogP contribution in [0.25, 0.3) is 33.1 Å². The van der Waals surface area contributed by atoms with Crippen molar-refractivity contribution in [2.75, 3.05) is 29.9 Å². The van der Waals surface area contributed by atoms with E-state index in [2.05, 4.69) is 35.7 Å². The number of hydrogen-bond donors (Lipinski definition) is 4. The lowest BCUT2D eigenvalue weighted by Gasteiger charge is -2.26. The van der Waals surface area contributed by atoms with Gasteiger partial charge < -0.3 is 10.4 Å². The summed E-state index contributed by atoms with van der Waals surface area (Å²) in [6.07, 6.45) is 5.13. The lowest BCUT2D eigenvalue weighted by Crippen LogP contribution is -2.39. The van der Waals surface area contributed by atoms with Crippen molar-refractivity contribution in [1.29, 1.82) is 0 Å². The largest absolute Gasteiger partial charge is 0.483 e. The van der Waals surface area contributed by atoms with Crippen molar-refractivity contribution in [2.45, 2.75) is 6.54 Å². The Morgan fingerprint density at radius 3 is 2.62 bits per heavy atom. The Kier molecular flexibility index (Phi) is 7.29. The molecular weight excluding hydrogens is 524 g/mol. The maximum Gasteiger partial charge on any atom is 0.290 e. The number of fused-ring (bicyclic) bond motifs is 2. The van der Waals surface area contributed by atoms with E-state index in [1.165, 1.54) is 0 Å². The highest BCUT2D eigenvalue weighted by Gasteiger charge is 2.22. The number of amides is 1. The fourth-order valence-corrected chi connectivity index (χ4v) is 5.61. The van der Waals surface area contributed by atoms with E-state index in [0.29, 0.717) is 36.7 Å². The number of rotatable bonds is 5. The second kappa shape index (κ2) is 11.0. The number of carboxylic acid groups (broad SMARTS) is 1. The first kappa shape index (κ1) is 25.9. The highest BCUT2D eigenvalue weighted by Crippen LogP contribution is 2.31. The van der Waals surface area contributed by atoms with Gasteiger partial charge in [-0.2, -0.15) is 10.2 Å². The molecule has 1 aliphatic rings. The number of benzene rings is 1. The van der Waals surface area contributed by atoms with Crippen molar-refractivity contribution in [3.63, 3.8) is 0 Å². The fraction of sp³-hybridized carbons (Fsp3) is 0.200. The van der Waals surface area contributed by atoms with E-state index in [0.717, 1.165) is 27.4 Å². The molecule has 0 bridgehead atoms. The highest BCUT2D eigenvalue weighted by atomic mass is 32.2. The number of pyridine rings is 2. The summed E-state index contributed by atoms with van der Waals surface area (Å²) in [5.41, 5.74) is 4.80. The molecule has 0 radical (unpaired) electrons. The first-order valence-electron chi connectivity index (χ1n) is 11.9. The van der Waals surface area contributed by atoms with E-state index in [9.17, 15) is 13.2 Å². The number of aromatic amines is 2. The summed E-state index contributed by atoms with van der Waals surface area (Å²) >= 11 is 0. The monoisotopic (exact) mass is 548 g/mol. The molecular formula is C25H24N8O5S. The zero-order chi connectivity index (χ0) is 27.4. The maximum atomic E-state index is 13.2. The van der Waals surface area contributed by atoms with Gasteiger partial charge in [-0.25, -0.2) is 18.4 Å². The molecule has 1 fully saturated rings. The summed E-state index contributed by atoms with van der Waals surface area (Å²) in [6.45, 7) is 1.16. The SMILES string of the molecule is O=C(Nc1cc(-c2cnc3[nH]ncc3c2)cc2[nH]ncc12)c1cccc(CN2CCS(=O)(=O)CC2)n1.O=CO. The molecule has 1 aliphatic heterocycles. The van der Waals surface area contributed by atoms with Crippen LogP contribution in [0.3, 0.4) is 0 Å². The second-order valence-electron chi connectivity index (χ2n) is 8.89. The lowest BCUT2D eigenvalue weighted by atomic mass is 10.0. The van der Waals surface area contributed by atoms with Crippen molar-refractivity contribution in [3.05, 3.63) is 66.4 Å². The average Bonchev–Trinajstić information content (AvgIpc) is 3.60. The molecule has 14 heteroatoms. The fourth-order valence-electron chi connectivity index (χ4n) is 4.33. The van der Waals surface area contributed by atoms with Gasteiger partial charge in [0.2, 0.25) is 0 Å². The zero-order valence-corrected chi connectivity index (χ0v) is 21.4. The van der Waals surface area contributed by atoms with Gasteiger partial charge in [-0.1, -0.05) is 6.07 Å². The van der Waals surface area contributed by atoms with Gasteiger partial charge in [-0.05, 0) is 35.9 Å². The molecule has 200 valence electrons. The van der Waals surface area contributed by atoms with E-state index in [1.807, 2.05) is 29.2 Å². The number of anilines is 1. The van der Waals surface area contributed by atoms with E-state index >= 15 is 0 Å². The molecule has 4 aromatic heterocycles. The summed E-state index contributed by atoms with van der Waals surface area (Å²) in [5.74, 6) is -0.0540. The number of sulfone groups is 1. The predicted octanol–water partition coefficient (Wildman–Crippen LogP) is 2.08. The van der Waals surface area contributed by atoms with Crippen LogP contribution in [-0.4, -0.2) is 85.8 Å². The van der Waals surface area contributed by atoms with Crippen LogP contribution in [0.1, 0.15) is 16.2 Å². The molecule has 6 rings (SSSR count). The van der Waals surface area contributed by atoms with Crippen LogP contribution in [0.2, 0.25) is 0 Å². The molecule has 4 N–H and O–H groups in total. The maximum absolute atomic E-state index is 13.2. The minimum atomic E-state index is -2.95. The first-order chi connectivity index (χ1) is 18.8. The van der Waals surface area contributed by atoms with Crippen LogP contribution in [0, 0.1) is 0 Å². The number of hydrogen-bond acceptors (Lipinski definition) is 9. The summed E-state index contributed by atoms with van der Waals surface area (Å²) in [4.78, 5) is 32.5. The van der Waals surface area contributed by atoms with Crippen LogP contribution in [0.15, 0.2) is 55.0 Å². The molecule has 0 atom stereocenters. The average molecular weight is 549 g/mol. The number of H-pyrrole nitrogens is 2. The number of nitrogens with one attached hydrogen (secondary N) is 3. The number of nitrogens with zero attached hydrogens (tertiary/aromatic N) is 5. The number of carbonyl (C=O) groups is 2. The third kappa shape index (κ3) is 5.91. The second-order valence-corrected chi connectivity index (χ2v) is 11.2. The van der Waals surface area contributed by atoms with Crippen molar-refractivity contribution in [2.24, 2.45) is 0 Å². The van der Waals surface area contributed by atoms with Gasteiger partial charge in [0.05, 0.1) is 40.8 Å². The Labute approximate surface area is 222 Å². The predicted molar refractivity (Wildman–Crippen MR) is 144 cm³/mol. The summed E-state index contributed by atoms with van der Waals surface area (Å²) in [6, 6.07) is 11.1. The first-order valence-corrected chi connectivity index (χ1v) is 13.7. The standard InChI is InChI=1S/C24H22N8O3S.CH2O2/c33-24(20-3-1-2-18(28-20)14-32-4-6-36(34,35)7-5-32)29-21-9-15(10-22-19(21)13-27-30-22)16-8-17-12-26-31-23(17)25-11-16;2-1-3/h1-3,8-13H,4-7,14H2,(H,27,30)(H,29,33)(H,25,26,31);1H,(H,2,3). The lowest BCUT2D eigenvalue weighted by molar-refractivity contribution is -0.122. The topological polar surface area (TPSA) is 187 Å². The molecule has 0 saturated carbocycles. The Balaban J connectivity index is 0.000000983. The number of carbonyl (C=O) groups excluding carboxylic acids is 1. The molecule has 0 unspecified atom stereocenters. The van der Waals surface area contributed by atoms with Crippen LogP contribution in [0.4, 0.5) is 5.69 Å². The summed E-state index contributed by atoms with van der Waals surface area (Å²) in [5, 5.41) is 25.5. The minimum absolute atomic E-state index is 0.146. The smallest absolute Gasteiger partial charge is 0.290 e. The molecule has 1 saturated heterocycles. The van der Waals surface area contributed by atoms with E-state index in [-0.39, 0.29) is 29.6 Å². The van der Waals surface area contributed by atoms with Crippen LogP contribution >= 0.6 is 0 Å². The Bertz CT molecular complexity index is 1750. The van der Waals surface area contributed by atoms with Gasteiger partial charge in [0.15, 0.2) is 15.5 Å². The van der Waals surface area contributed by atoms with E-state index < -0.39 is 9.84 Å². The highest BCUT2D eigenvalue weighted by molar-refractivity contribution is 7.91. The van der Waals surface area contributed by atoms with Crippen molar-refractivity contribution >= 4 is 49.8 Å². The summed E-state index contributed by atoms with van der Waals surface area (Å²) < 4.78 is 23.4. The Morgan fingerprint density at radius 2 is 1.82 bits per heavy atom. The third-order valence-corrected chi connectivity index (χ3v) is 7.90. The van der Waals surface area contributed by atoms with Crippen molar-refractivity contribution < 1.29 is 23.1 Å². The minimum Gasteiger partial charge on any atom is -0.483 e. The van der Waals surface area contributed by atoms with Crippen molar-refractivity contribution in [1.82, 2.24) is 35.3 Å². The van der Waals surface area contributed by atoms with Gasteiger partial charge in [0.25, 0.3) is 12.4 Å². The van der Waals surface area contributed by atoms with Gasteiger partial charge in [-0.15, -0.1) is 0 Å². The number of aromatic nitrogens is 6. The Hall–Kier alpha value is -4.69. The Morgan fingerprint density at radius 1 is 1.05 bits per heavy atom. The molecule has 1 aromatic carbocycles. The van der Waals surface area contributed by atoms with Gasteiger partial charge in [0.1, 0.15) is 5.69 Å². The molecule has 5 heterocycles. The quantitative estimate of drug-likeness (QED) is 0.237. The third-order valence-electron chi connectivity index (χ3n) is 6.29. The molecule has 13 nitrogen and oxygen atoms in total. The molecule has 1 amide bonds.